The summed E-state index contributed by atoms with van der Waals surface area (Å²) < 4.78 is 5.17. The molecular formula is C14H18O2. The van der Waals surface area contributed by atoms with E-state index in [9.17, 15) is 4.79 Å². The van der Waals surface area contributed by atoms with Gasteiger partial charge in [-0.3, -0.25) is 0 Å². The van der Waals surface area contributed by atoms with Crippen molar-refractivity contribution in [3.63, 3.8) is 0 Å². The molecule has 0 unspecified atom stereocenters. The number of carbonyl (C=O) groups is 1. The third kappa shape index (κ3) is 4.30. The SMILES string of the molecule is Cc1ccccc1C=CC(=O)OC(C)(C)C. The van der Waals surface area contributed by atoms with Gasteiger partial charge in [0.1, 0.15) is 5.60 Å². The smallest absolute Gasteiger partial charge is 0.331 e. The summed E-state index contributed by atoms with van der Waals surface area (Å²) in [5.74, 6) is -0.309. The normalized spacial score (nSPS) is 11.8. The average molecular weight is 218 g/mol. The van der Waals surface area contributed by atoms with E-state index in [0.717, 1.165) is 11.1 Å². The fraction of sp³-hybridized carbons (Fsp3) is 0.357. The van der Waals surface area contributed by atoms with Crippen LogP contribution in [-0.2, 0) is 9.53 Å². The first-order valence-electron chi connectivity index (χ1n) is 5.35. The highest BCUT2D eigenvalue weighted by Crippen LogP contribution is 2.11. The number of esters is 1. The number of hydrogen-bond donors (Lipinski definition) is 0. The van der Waals surface area contributed by atoms with Crippen LogP contribution in [0, 0.1) is 6.92 Å². The van der Waals surface area contributed by atoms with Crippen LogP contribution in [0.2, 0.25) is 0 Å². The Morgan fingerprint density at radius 1 is 1.25 bits per heavy atom. The molecule has 1 rings (SSSR count). The standard InChI is InChI=1S/C14H18O2/c1-11-7-5-6-8-12(11)9-10-13(15)16-14(2,3)4/h5-10H,1-4H3. The Morgan fingerprint density at radius 3 is 2.44 bits per heavy atom. The fourth-order valence-electron chi connectivity index (χ4n) is 1.27. The third-order valence-electron chi connectivity index (χ3n) is 1.99. The zero-order valence-electron chi connectivity index (χ0n) is 10.3. The van der Waals surface area contributed by atoms with Crippen molar-refractivity contribution in [2.45, 2.75) is 33.3 Å². The van der Waals surface area contributed by atoms with E-state index in [1.54, 1.807) is 6.08 Å². The minimum absolute atomic E-state index is 0.309. The number of aryl methyl sites for hydroxylation is 1. The molecule has 0 bridgehead atoms. The van der Waals surface area contributed by atoms with Crippen molar-refractivity contribution in [2.24, 2.45) is 0 Å². The van der Waals surface area contributed by atoms with Crippen LogP contribution in [0.4, 0.5) is 0 Å². The lowest BCUT2D eigenvalue weighted by Crippen LogP contribution is -2.22. The van der Waals surface area contributed by atoms with Crippen molar-refractivity contribution in [3.8, 4) is 0 Å². The minimum atomic E-state index is -0.437. The molecular weight excluding hydrogens is 200 g/mol. The molecule has 0 saturated heterocycles. The van der Waals surface area contributed by atoms with Crippen LogP contribution < -0.4 is 0 Å². The molecule has 0 N–H and O–H groups in total. The van der Waals surface area contributed by atoms with Crippen molar-refractivity contribution in [3.05, 3.63) is 41.5 Å². The third-order valence-corrected chi connectivity index (χ3v) is 1.99. The summed E-state index contributed by atoms with van der Waals surface area (Å²) in [4.78, 5) is 11.4. The van der Waals surface area contributed by atoms with Gasteiger partial charge in [0, 0.05) is 6.08 Å². The second kappa shape index (κ2) is 4.97. The summed E-state index contributed by atoms with van der Waals surface area (Å²) in [5, 5.41) is 0. The van der Waals surface area contributed by atoms with Gasteiger partial charge in [0.15, 0.2) is 0 Å². The molecule has 1 aromatic carbocycles. The van der Waals surface area contributed by atoms with Crippen molar-refractivity contribution in [1.29, 1.82) is 0 Å². The summed E-state index contributed by atoms with van der Waals surface area (Å²) in [6.45, 7) is 7.57. The second-order valence-electron chi connectivity index (χ2n) is 4.72. The molecule has 0 radical (unpaired) electrons. The molecule has 2 nitrogen and oxygen atoms in total. The number of rotatable bonds is 2. The highest BCUT2D eigenvalue weighted by atomic mass is 16.6. The van der Waals surface area contributed by atoms with E-state index in [1.807, 2.05) is 52.0 Å². The topological polar surface area (TPSA) is 26.3 Å². The van der Waals surface area contributed by atoms with Crippen LogP contribution >= 0.6 is 0 Å². The van der Waals surface area contributed by atoms with Gasteiger partial charge >= 0.3 is 5.97 Å². The van der Waals surface area contributed by atoms with Gasteiger partial charge in [0.05, 0.1) is 0 Å². The van der Waals surface area contributed by atoms with Gasteiger partial charge in [-0.25, -0.2) is 4.79 Å². The minimum Gasteiger partial charge on any atom is -0.457 e. The van der Waals surface area contributed by atoms with E-state index in [4.69, 9.17) is 4.74 Å². The number of carbonyl (C=O) groups excluding carboxylic acids is 1. The first kappa shape index (κ1) is 12.5. The van der Waals surface area contributed by atoms with E-state index in [1.165, 1.54) is 6.08 Å². The number of ether oxygens (including phenoxy) is 1. The van der Waals surface area contributed by atoms with Gasteiger partial charge in [-0.2, -0.15) is 0 Å². The molecule has 86 valence electrons. The molecule has 0 amide bonds. The summed E-state index contributed by atoms with van der Waals surface area (Å²) in [6.07, 6.45) is 3.25. The van der Waals surface area contributed by atoms with Gasteiger partial charge in [0.2, 0.25) is 0 Å². The highest BCUT2D eigenvalue weighted by Gasteiger charge is 2.13. The Hall–Kier alpha value is -1.57. The summed E-state index contributed by atoms with van der Waals surface area (Å²) in [6, 6.07) is 7.90. The Bertz CT molecular complexity index is 397. The van der Waals surface area contributed by atoms with Crippen molar-refractivity contribution in [2.75, 3.05) is 0 Å². The Morgan fingerprint density at radius 2 is 1.88 bits per heavy atom. The molecule has 0 aromatic heterocycles. The van der Waals surface area contributed by atoms with Crippen LogP contribution in [0.3, 0.4) is 0 Å². The molecule has 0 heterocycles. The Kier molecular flexibility index (Phi) is 3.88. The quantitative estimate of drug-likeness (QED) is 0.562. The zero-order chi connectivity index (χ0) is 12.2. The van der Waals surface area contributed by atoms with E-state index < -0.39 is 5.60 Å². The molecule has 0 aliphatic heterocycles. The lowest BCUT2D eigenvalue weighted by Gasteiger charge is -2.17. The maximum absolute atomic E-state index is 11.4. The number of hydrogen-bond acceptors (Lipinski definition) is 2. The van der Waals surface area contributed by atoms with Crippen LogP contribution in [0.25, 0.3) is 6.08 Å². The molecule has 2 heteroatoms. The van der Waals surface area contributed by atoms with Crippen LogP contribution in [0.1, 0.15) is 31.9 Å². The lowest BCUT2D eigenvalue weighted by molar-refractivity contribution is -0.148. The second-order valence-corrected chi connectivity index (χ2v) is 4.72. The van der Waals surface area contributed by atoms with E-state index >= 15 is 0 Å². The lowest BCUT2D eigenvalue weighted by atomic mass is 10.1. The summed E-state index contributed by atoms with van der Waals surface area (Å²) in [5.41, 5.74) is 1.74. The van der Waals surface area contributed by atoms with E-state index in [-0.39, 0.29) is 5.97 Å². The molecule has 0 aliphatic carbocycles. The molecule has 0 fully saturated rings. The van der Waals surface area contributed by atoms with Gasteiger partial charge in [-0.15, -0.1) is 0 Å². The van der Waals surface area contributed by atoms with Crippen molar-refractivity contribution in [1.82, 2.24) is 0 Å². The molecule has 0 atom stereocenters. The largest absolute Gasteiger partial charge is 0.457 e. The van der Waals surface area contributed by atoms with Crippen molar-refractivity contribution < 1.29 is 9.53 Å². The summed E-state index contributed by atoms with van der Waals surface area (Å²) in [7, 11) is 0. The first-order chi connectivity index (χ1) is 7.38. The van der Waals surface area contributed by atoms with Gasteiger partial charge in [-0.05, 0) is 44.9 Å². The van der Waals surface area contributed by atoms with Crippen molar-refractivity contribution >= 4 is 12.0 Å². The van der Waals surface area contributed by atoms with Gasteiger partial charge < -0.3 is 4.74 Å². The first-order valence-corrected chi connectivity index (χ1v) is 5.35. The van der Waals surface area contributed by atoms with Gasteiger partial charge in [0.25, 0.3) is 0 Å². The average Bonchev–Trinajstić information content (AvgIpc) is 2.14. The number of benzene rings is 1. The Balaban J connectivity index is 2.68. The van der Waals surface area contributed by atoms with Crippen LogP contribution in [0.15, 0.2) is 30.3 Å². The predicted octanol–water partition coefficient (Wildman–Crippen LogP) is 3.35. The van der Waals surface area contributed by atoms with Gasteiger partial charge in [-0.1, -0.05) is 24.3 Å². The molecule has 0 spiro atoms. The molecule has 0 saturated carbocycles. The molecule has 16 heavy (non-hydrogen) atoms. The monoisotopic (exact) mass is 218 g/mol. The predicted molar refractivity (Wildman–Crippen MR) is 66.1 cm³/mol. The van der Waals surface area contributed by atoms with Crippen LogP contribution in [0.5, 0.6) is 0 Å². The van der Waals surface area contributed by atoms with E-state index in [2.05, 4.69) is 0 Å². The summed E-state index contributed by atoms with van der Waals surface area (Å²) >= 11 is 0. The maximum Gasteiger partial charge on any atom is 0.331 e. The molecule has 1 aromatic rings. The highest BCUT2D eigenvalue weighted by molar-refractivity contribution is 5.87. The molecule has 0 aliphatic rings. The van der Waals surface area contributed by atoms with E-state index in [0.29, 0.717) is 0 Å². The maximum atomic E-state index is 11.4. The zero-order valence-corrected chi connectivity index (χ0v) is 10.3. The van der Waals surface area contributed by atoms with Crippen LogP contribution in [-0.4, -0.2) is 11.6 Å². The fourth-order valence-corrected chi connectivity index (χ4v) is 1.27. The Labute approximate surface area is 96.9 Å².